The lowest BCUT2D eigenvalue weighted by Gasteiger charge is -2.04. The summed E-state index contributed by atoms with van der Waals surface area (Å²) in [6.45, 7) is 8.48. The summed E-state index contributed by atoms with van der Waals surface area (Å²) in [5.41, 5.74) is 0. The molecule has 0 spiro atoms. The van der Waals surface area contributed by atoms with Gasteiger partial charge in [0, 0.05) is 7.05 Å². The normalized spacial score (nSPS) is 8.77. The van der Waals surface area contributed by atoms with Gasteiger partial charge >= 0.3 is 0 Å². The lowest BCUT2D eigenvalue weighted by atomic mass is 10.2. The molecule has 0 aliphatic rings. The molecule has 0 bridgehead atoms. The molecule has 2 N–H and O–H groups in total. The number of rotatable bonds is 7. The highest BCUT2D eigenvalue weighted by atomic mass is 16.5. The van der Waals surface area contributed by atoms with Crippen LogP contribution in [0.1, 0.15) is 59.8 Å². The standard InChI is InChI=1S/C9H11NO3.C7H16.C2H6/c1-10-9(12)6-13-8-4-2-7(11)3-5-8;1-3-5-7-6-4-2;1-2/h2-5,11H,6H2,1H3,(H,10,12);3-7H2,1-2H3;1-2H3. The number of hydrogen-bond donors (Lipinski definition) is 2. The van der Waals surface area contributed by atoms with Gasteiger partial charge in [-0.2, -0.15) is 0 Å². The molecule has 0 aromatic heterocycles. The maximum Gasteiger partial charge on any atom is 0.257 e. The topological polar surface area (TPSA) is 58.6 Å². The number of benzene rings is 1. The number of aromatic hydroxyl groups is 1. The summed E-state index contributed by atoms with van der Waals surface area (Å²) >= 11 is 0. The molecule has 0 atom stereocenters. The Kier molecular flexibility index (Phi) is 17.8. The number of carbonyl (C=O) groups is 1. The zero-order chi connectivity index (χ0) is 17.2. The van der Waals surface area contributed by atoms with E-state index in [1.54, 1.807) is 19.2 Å². The molecular weight excluding hydrogens is 278 g/mol. The third-order valence-corrected chi connectivity index (χ3v) is 2.69. The smallest absolute Gasteiger partial charge is 0.257 e. The molecule has 0 saturated heterocycles. The summed E-state index contributed by atoms with van der Waals surface area (Å²) in [7, 11) is 1.54. The predicted molar refractivity (Wildman–Crippen MR) is 93.4 cm³/mol. The van der Waals surface area contributed by atoms with Gasteiger partial charge in [-0.1, -0.05) is 59.8 Å². The van der Waals surface area contributed by atoms with E-state index in [-0.39, 0.29) is 18.3 Å². The van der Waals surface area contributed by atoms with Gasteiger partial charge in [-0.15, -0.1) is 0 Å². The summed E-state index contributed by atoms with van der Waals surface area (Å²) in [5.74, 6) is 0.543. The number of amides is 1. The van der Waals surface area contributed by atoms with Crippen LogP contribution in [0, 0.1) is 0 Å². The van der Waals surface area contributed by atoms with Crippen LogP contribution in [-0.4, -0.2) is 24.7 Å². The van der Waals surface area contributed by atoms with Crippen LogP contribution >= 0.6 is 0 Å². The Hall–Kier alpha value is -1.71. The zero-order valence-corrected chi connectivity index (χ0v) is 14.8. The number of phenolic OH excluding ortho intramolecular Hbond substituents is 1. The molecule has 0 aliphatic carbocycles. The highest BCUT2D eigenvalue weighted by Gasteiger charge is 1.98. The molecule has 0 heterocycles. The second-order valence-corrected chi connectivity index (χ2v) is 4.52. The van der Waals surface area contributed by atoms with Crippen molar-refractivity contribution in [2.24, 2.45) is 0 Å². The molecule has 1 amide bonds. The molecule has 0 radical (unpaired) electrons. The van der Waals surface area contributed by atoms with Crippen LogP contribution in [0.2, 0.25) is 0 Å². The van der Waals surface area contributed by atoms with Crippen LogP contribution in [0.15, 0.2) is 24.3 Å². The summed E-state index contributed by atoms with van der Waals surface area (Å²) in [5, 5.41) is 11.4. The van der Waals surface area contributed by atoms with Gasteiger partial charge in [0.05, 0.1) is 0 Å². The quantitative estimate of drug-likeness (QED) is 0.728. The summed E-state index contributed by atoms with van der Waals surface area (Å²) < 4.78 is 5.09. The van der Waals surface area contributed by atoms with E-state index in [1.165, 1.54) is 44.2 Å². The number of nitrogens with one attached hydrogen (secondary N) is 1. The molecule has 1 aromatic rings. The summed E-state index contributed by atoms with van der Waals surface area (Å²) in [6, 6.07) is 6.19. The average Bonchev–Trinajstić information content (AvgIpc) is 2.57. The van der Waals surface area contributed by atoms with Crippen molar-refractivity contribution in [2.75, 3.05) is 13.7 Å². The van der Waals surface area contributed by atoms with Crippen LogP contribution in [-0.2, 0) is 4.79 Å². The van der Waals surface area contributed by atoms with Gasteiger partial charge in [0.2, 0.25) is 0 Å². The number of phenols is 1. The van der Waals surface area contributed by atoms with Gasteiger partial charge in [-0.05, 0) is 24.3 Å². The number of likely N-dealkylation sites (N-methyl/N-ethyl adjacent to an activating group) is 1. The van der Waals surface area contributed by atoms with Crippen LogP contribution in [0.25, 0.3) is 0 Å². The lowest BCUT2D eigenvalue weighted by molar-refractivity contribution is -0.122. The molecule has 4 nitrogen and oxygen atoms in total. The minimum Gasteiger partial charge on any atom is -0.508 e. The van der Waals surface area contributed by atoms with Gasteiger partial charge < -0.3 is 15.2 Å². The van der Waals surface area contributed by atoms with Crippen LogP contribution in [0.4, 0.5) is 0 Å². The lowest BCUT2D eigenvalue weighted by Crippen LogP contribution is -2.24. The fourth-order valence-electron chi connectivity index (χ4n) is 1.44. The van der Waals surface area contributed by atoms with Gasteiger partial charge in [-0.25, -0.2) is 0 Å². The van der Waals surface area contributed by atoms with E-state index in [2.05, 4.69) is 19.2 Å². The zero-order valence-electron chi connectivity index (χ0n) is 14.8. The fourth-order valence-corrected chi connectivity index (χ4v) is 1.44. The van der Waals surface area contributed by atoms with Crippen molar-refractivity contribution in [1.29, 1.82) is 0 Å². The van der Waals surface area contributed by atoms with Crippen LogP contribution in [0.3, 0.4) is 0 Å². The van der Waals surface area contributed by atoms with Crippen LogP contribution in [0.5, 0.6) is 11.5 Å². The van der Waals surface area contributed by atoms with Crippen molar-refractivity contribution < 1.29 is 14.6 Å². The molecule has 0 saturated carbocycles. The number of unbranched alkanes of at least 4 members (excludes halogenated alkanes) is 4. The molecule has 0 unspecified atom stereocenters. The maximum absolute atomic E-state index is 10.8. The molecule has 0 aliphatic heterocycles. The van der Waals surface area contributed by atoms with E-state index in [1.807, 2.05) is 13.8 Å². The van der Waals surface area contributed by atoms with E-state index in [0.29, 0.717) is 5.75 Å². The second-order valence-electron chi connectivity index (χ2n) is 4.52. The van der Waals surface area contributed by atoms with Crippen molar-refractivity contribution in [1.82, 2.24) is 5.32 Å². The van der Waals surface area contributed by atoms with E-state index in [0.717, 1.165) is 0 Å². The van der Waals surface area contributed by atoms with Crippen molar-refractivity contribution in [3.05, 3.63) is 24.3 Å². The SMILES string of the molecule is CC.CCCCCCC.CNC(=O)COc1ccc(O)cc1. The first kappa shape index (κ1) is 22.6. The largest absolute Gasteiger partial charge is 0.508 e. The summed E-state index contributed by atoms with van der Waals surface area (Å²) in [4.78, 5) is 10.8. The Morgan fingerprint density at radius 2 is 1.55 bits per heavy atom. The van der Waals surface area contributed by atoms with Gasteiger partial charge in [-0.3, -0.25) is 4.79 Å². The maximum atomic E-state index is 10.8. The second kappa shape index (κ2) is 17.3. The van der Waals surface area contributed by atoms with Gasteiger partial charge in [0.15, 0.2) is 6.61 Å². The van der Waals surface area contributed by atoms with E-state index < -0.39 is 0 Å². The molecule has 4 heteroatoms. The number of ether oxygens (including phenoxy) is 1. The fraction of sp³-hybridized carbons (Fsp3) is 0.611. The number of hydrogen-bond acceptors (Lipinski definition) is 3. The number of carbonyl (C=O) groups excluding carboxylic acids is 1. The molecule has 128 valence electrons. The minimum absolute atomic E-state index is 0.0126. The first-order valence-electron chi connectivity index (χ1n) is 8.26. The van der Waals surface area contributed by atoms with Crippen molar-refractivity contribution in [3.63, 3.8) is 0 Å². The molecular formula is C18H33NO3. The molecule has 1 rings (SSSR count). The van der Waals surface area contributed by atoms with E-state index >= 15 is 0 Å². The van der Waals surface area contributed by atoms with Gasteiger partial charge in [0.25, 0.3) is 5.91 Å². The summed E-state index contributed by atoms with van der Waals surface area (Å²) in [6.07, 6.45) is 7.01. The Labute approximate surface area is 135 Å². The molecule has 22 heavy (non-hydrogen) atoms. The van der Waals surface area contributed by atoms with Crippen molar-refractivity contribution in [2.45, 2.75) is 59.8 Å². The highest BCUT2D eigenvalue weighted by Crippen LogP contribution is 2.15. The highest BCUT2D eigenvalue weighted by molar-refractivity contribution is 5.77. The Morgan fingerprint density at radius 3 is 1.95 bits per heavy atom. The van der Waals surface area contributed by atoms with E-state index in [9.17, 15) is 4.79 Å². The third kappa shape index (κ3) is 14.7. The van der Waals surface area contributed by atoms with Gasteiger partial charge in [0.1, 0.15) is 11.5 Å². The first-order chi connectivity index (χ1) is 10.6. The van der Waals surface area contributed by atoms with E-state index in [4.69, 9.17) is 9.84 Å². The Balaban J connectivity index is 0. The van der Waals surface area contributed by atoms with Crippen molar-refractivity contribution in [3.8, 4) is 11.5 Å². The predicted octanol–water partition coefficient (Wildman–Crippen LogP) is 4.52. The third-order valence-electron chi connectivity index (χ3n) is 2.69. The first-order valence-corrected chi connectivity index (χ1v) is 8.26. The monoisotopic (exact) mass is 311 g/mol. The molecule has 1 aromatic carbocycles. The van der Waals surface area contributed by atoms with Crippen molar-refractivity contribution >= 4 is 5.91 Å². The Bertz CT molecular complexity index is 346. The van der Waals surface area contributed by atoms with Crippen LogP contribution < -0.4 is 10.1 Å². The minimum atomic E-state index is -0.187. The Morgan fingerprint density at radius 1 is 1.05 bits per heavy atom. The average molecular weight is 311 g/mol. The molecule has 0 fully saturated rings.